The van der Waals surface area contributed by atoms with Crippen LogP contribution < -0.4 is 5.32 Å². The van der Waals surface area contributed by atoms with E-state index < -0.39 is 0 Å². The van der Waals surface area contributed by atoms with Gasteiger partial charge in [0.2, 0.25) is 11.8 Å². The van der Waals surface area contributed by atoms with Gasteiger partial charge in [-0.15, -0.1) is 0 Å². The van der Waals surface area contributed by atoms with Crippen molar-refractivity contribution >= 4 is 17.7 Å². The van der Waals surface area contributed by atoms with Gasteiger partial charge in [0, 0.05) is 77.1 Å². The van der Waals surface area contributed by atoms with E-state index >= 15 is 0 Å². The number of methoxy groups -OCH3 is 1. The van der Waals surface area contributed by atoms with Crippen LogP contribution in [-0.2, 0) is 40.8 Å². The molecule has 0 fully saturated rings. The predicted octanol–water partition coefficient (Wildman–Crippen LogP) is 2.26. The molecule has 10 heteroatoms. The Morgan fingerprint density at radius 2 is 1.85 bits per heavy atom. The molecule has 2 heterocycles. The second-order valence-electron chi connectivity index (χ2n) is 11.6. The van der Waals surface area contributed by atoms with Gasteiger partial charge in [-0.3, -0.25) is 24.0 Å². The summed E-state index contributed by atoms with van der Waals surface area (Å²) < 4.78 is 7.05. The van der Waals surface area contributed by atoms with E-state index in [0.29, 0.717) is 63.8 Å². The third kappa shape index (κ3) is 8.16. The highest BCUT2D eigenvalue weighted by atomic mass is 16.5. The van der Waals surface area contributed by atoms with Gasteiger partial charge in [0.15, 0.2) is 5.69 Å². The molecule has 1 aliphatic heterocycles. The summed E-state index contributed by atoms with van der Waals surface area (Å²) in [6.07, 6.45) is 3.52. The largest absolute Gasteiger partial charge is 0.383 e. The molecule has 41 heavy (non-hydrogen) atoms. The summed E-state index contributed by atoms with van der Waals surface area (Å²) in [6, 6.07) is 10.2. The molecule has 2 bridgehead atoms. The average Bonchev–Trinajstić information content (AvgIpc) is 3.29. The van der Waals surface area contributed by atoms with Crippen molar-refractivity contribution < 1.29 is 19.1 Å². The van der Waals surface area contributed by atoms with Crippen molar-refractivity contribution in [1.82, 2.24) is 29.8 Å². The van der Waals surface area contributed by atoms with Gasteiger partial charge in [-0.2, -0.15) is 5.10 Å². The SMILES string of the molecule is COCCN1CC(=O)NCCN(Cc2ccccc2)CCC(=O)N(CCC(C)C)C2CCc3c(c(nn3C)C1=O)C2. The molecule has 3 amide bonds. The number of fused-ring (bicyclic) bond motifs is 1. The number of rotatable bonds is 8. The maximum absolute atomic E-state index is 13.8. The normalized spacial score (nSPS) is 19.6. The van der Waals surface area contributed by atoms with Crippen molar-refractivity contribution in [2.75, 3.05) is 53.0 Å². The van der Waals surface area contributed by atoms with Crippen LogP contribution >= 0.6 is 0 Å². The average molecular weight is 567 g/mol. The first-order valence-electron chi connectivity index (χ1n) is 14.9. The van der Waals surface area contributed by atoms with E-state index in [9.17, 15) is 14.4 Å². The summed E-state index contributed by atoms with van der Waals surface area (Å²) in [5, 5.41) is 7.61. The number of hydrogen-bond donors (Lipinski definition) is 1. The van der Waals surface area contributed by atoms with Crippen LogP contribution in [0.3, 0.4) is 0 Å². The van der Waals surface area contributed by atoms with Crippen LogP contribution in [0, 0.1) is 5.92 Å². The molecule has 4 rings (SSSR count). The minimum absolute atomic E-state index is 0.00991. The van der Waals surface area contributed by atoms with Gasteiger partial charge in [0.1, 0.15) is 0 Å². The Labute approximate surface area is 244 Å². The number of nitrogens with one attached hydrogen (secondary N) is 1. The molecular formula is C31H46N6O4. The molecule has 224 valence electrons. The fourth-order valence-electron chi connectivity index (χ4n) is 5.81. The Hall–Kier alpha value is -3.24. The second kappa shape index (κ2) is 14.6. The van der Waals surface area contributed by atoms with Crippen LogP contribution in [0.2, 0.25) is 0 Å². The third-order valence-corrected chi connectivity index (χ3v) is 8.17. The van der Waals surface area contributed by atoms with E-state index in [0.717, 1.165) is 36.1 Å². The van der Waals surface area contributed by atoms with Crippen LogP contribution in [0.4, 0.5) is 0 Å². The van der Waals surface area contributed by atoms with Gasteiger partial charge < -0.3 is 19.9 Å². The number of amides is 3. The van der Waals surface area contributed by atoms with E-state index in [1.54, 1.807) is 11.8 Å². The molecule has 0 saturated heterocycles. The lowest BCUT2D eigenvalue weighted by Gasteiger charge is -2.36. The second-order valence-corrected chi connectivity index (χ2v) is 11.6. The van der Waals surface area contributed by atoms with Crippen molar-refractivity contribution in [2.45, 2.75) is 58.5 Å². The first-order chi connectivity index (χ1) is 19.8. The van der Waals surface area contributed by atoms with Gasteiger partial charge in [0.25, 0.3) is 5.91 Å². The van der Waals surface area contributed by atoms with Crippen LogP contribution in [0.5, 0.6) is 0 Å². The highest BCUT2D eigenvalue weighted by Crippen LogP contribution is 2.29. The summed E-state index contributed by atoms with van der Waals surface area (Å²) in [5.41, 5.74) is 3.48. The van der Waals surface area contributed by atoms with E-state index in [4.69, 9.17) is 4.74 Å². The molecule has 2 aliphatic rings. The minimum atomic E-state index is -0.271. The monoisotopic (exact) mass is 566 g/mol. The fraction of sp³-hybridized carbons (Fsp3) is 0.613. The number of benzene rings is 1. The number of nitrogens with zero attached hydrogens (tertiary/aromatic N) is 5. The van der Waals surface area contributed by atoms with Crippen LogP contribution in [0.1, 0.15) is 60.4 Å². The number of carbonyl (C=O) groups is 3. The Balaban J connectivity index is 1.65. The number of hydrogen-bond acceptors (Lipinski definition) is 6. The van der Waals surface area contributed by atoms with E-state index in [1.165, 1.54) is 4.90 Å². The van der Waals surface area contributed by atoms with E-state index in [2.05, 4.69) is 46.2 Å². The fourth-order valence-corrected chi connectivity index (χ4v) is 5.81. The predicted molar refractivity (Wildman–Crippen MR) is 157 cm³/mol. The first-order valence-corrected chi connectivity index (χ1v) is 14.9. The van der Waals surface area contributed by atoms with Crippen LogP contribution in [0.15, 0.2) is 30.3 Å². The van der Waals surface area contributed by atoms with Gasteiger partial charge in [-0.1, -0.05) is 44.2 Å². The Morgan fingerprint density at radius 1 is 1.07 bits per heavy atom. The summed E-state index contributed by atoms with van der Waals surface area (Å²) in [7, 11) is 3.45. The zero-order valence-electron chi connectivity index (χ0n) is 25.1. The summed E-state index contributed by atoms with van der Waals surface area (Å²) >= 11 is 0. The topological polar surface area (TPSA) is 100 Å². The number of aromatic nitrogens is 2. The molecule has 1 aliphatic carbocycles. The summed E-state index contributed by atoms with van der Waals surface area (Å²) in [4.78, 5) is 46.5. The molecular weight excluding hydrogens is 520 g/mol. The maximum Gasteiger partial charge on any atom is 0.275 e. The molecule has 0 spiro atoms. The zero-order valence-corrected chi connectivity index (χ0v) is 25.1. The number of ether oxygens (including phenoxy) is 1. The first kappa shape index (κ1) is 30.7. The van der Waals surface area contributed by atoms with E-state index in [1.807, 2.05) is 25.2 Å². The quantitative estimate of drug-likeness (QED) is 0.526. The lowest BCUT2D eigenvalue weighted by atomic mass is 9.89. The molecule has 0 saturated carbocycles. The zero-order chi connectivity index (χ0) is 29.4. The molecule has 1 aromatic carbocycles. The lowest BCUT2D eigenvalue weighted by Crippen LogP contribution is -2.47. The van der Waals surface area contributed by atoms with Crippen molar-refractivity contribution in [3.63, 3.8) is 0 Å². The molecule has 1 atom stereocenters. The Bertz CT molecular complexity index is 1180. The third-order valence-electron chi connectivity index (χ3n) is 8.17. The van der Waals surface area contributed by atoms with Crippen molar-refractivity contribution in [3.8, 4) is 0 Å². The molecule has 1 aromatic heterocycles. The number of aryl methyl sites for hydroxylation is 1. The molecule has 10 nitrogen and oxygen atoms in total. The van der Waals surface area contributed by atoms with E-state index in [-0.39, 0.29) is 36.9 Å². The van der Waals surface area contributed by atoms with Crippen molar-refractivity contribution in [3.05, 3.63) is 52.8 Å². The Morgan fingerprint density at radius 3 is 2.59 bits per heavy atom. The molecule has 2 aromatic rings. The van der Waals surface area contributed by atoms with Crippen molar-refractivity contribution in [2.24, 2.45) is 13.0 Å². The highest BCUT2D eigenvalue weighted by molar-refractivity contribution is 5.96. The summed E-state index contributed by atoms with van der Waals surface area (Å²) in [6.45, 7) is 7.94. The van der Waals surface area contributed by atoms with Crippen LogP contribution in [0.25, 0.3) is 0 Å². The minimum Gasteiger partial charge on any atom is -0.383 e. The maximum atomic E-state index is 13.8. The Kier molecular flexibility index (Phi) is 10.9. The standard InChI is InChI=1S/C31H46N6O4/c1-23(2)12-16-37-25-10-11-27-26(20-25)30(33-34(27)3)31(40)36(18-19-41-4)22-28(38)32-14-17-35(15-13-29(37)39)21-24-8-6-5-7-9-24/h5-9,23,25H,10-22H2,1-4H3,(H,32,38). The lowest BCUT2D eigenvalue weighted by molar-refractivity contribution is -0.134. The summed E-state index contributed by atoms with van der Waals surface area (Å²) in [5.74, 6) is 0.129. The van der Waals surface area contributed by atoms with Gasteiger partial charge in [0.05, 0.1) is 13.2 Å². The van der Waals surface area contributed by atoms with Gasteiger partial charge in [-0.25, -0.2) is 0 Å². The number of carbonyl (C=O) groups excluding carboxylic acids is 3. The van der Waals surface area contributed by atoms with Gasteiger partial charge in [-0.05, 0) is 37.2 Å². The molecule has 1 unspecified atom stereocenters. The van der Waals surface area contributed by atoms with Crippen molar-refractivity contribution in [1.29, 1.82) is 0 Å². The van der Waals surface area contributed by atoms with Gasteiger partial charge >= 0.3 is 0 Å². The molecule has 1 N–H and O–H groups in total. The molecule has 0 radical (unpaired) electrons. The smallest absolute Gasteiger partial charge is 0.275 e. The van der Waals surface area contributed by atoms with Crippen LogP contribution in [-0.4, -0.2) is 101 Å². The highest BCUT2D eigenvalue weighted by Gasteiger charge is 2.34.